The molecule has 0 radical (unpaired) electrons. The second-order valence-corrected chi connectivity index (χ2v) is 5.00. The molecule has 1 fully saturated rings. The highest BCUT2D eigenvalue weighted by Crippen LogP contribution is 2.43. The van der Waals surface area contributed by atoms with Crippen LogP contribution in [0.3, 0.4) is 0 Å². The average Bonchev–Trinajstić information content (AvgIpc) is 2.66. The lowest BCUT2D eigenvalue weighted by Crippen LogP contribution is -2.36. The van der Waals surface area contributed by atoms with Gasteiger partial charge in [0.2, 0.25) is 0 Å². The largest absolute Gasteiger partial charge is 0.317 e. The lowest BCUT2D eigenvalue weighted by Gasteiger charge is -2.30. The van der Waals surface area contributed by atoms with E-state index in [9.17, 15) is 8.78 Å². The fourth-order valence-corrected chi connectivity index (χ4v) is 3.07. The molecule has 1 aliphatic rings. The predicted molar refractivity (Wildman–Crippen MR) is 58.5 cm³/mol. The first-order valence-electron chi connectivity index (χ1n) is 5.25. The van der Waals surface area contributed by atoms with Crippen LogP contribution in [-0.4, -0.2) is 13.1 Å². The van der Waals surface area contributed by atoms with E-state index in [0.717, 1.165) is 5.56 Å². The molecule has 0 unspecified atom stereocenters. The molecule has 4 heteroatoms. The van der Waals surface area contributed by atoms with Crippen LogP contribution in [0.5, 0.6) is 0 Å². The summed E-state index contributed by atoms with van der Waals surface area (Å²) in [5.41, 5.74) is 0.725. The van der Waals surface area contributed by atoms with E-state index in [2.05, 4.69) is 5.32 Å². The first kappa shape index (κ1) is 11.0. The van der Waals surface area contributed by atoms with Crippen LogP contribution >= 0.6 is 11.3 Å². The first-order valence-corrected chi connectivity index (χ1v) is 6.13. The molecule has 1 aliphatic heterocycles. The van der Waals surface area contributed by atoms with Gasteiger partial charge in [-0.05, 0) is 49.9 Å². The second kappa shape index (κ2) is 4.18. The summed E-state index contributed by atoms with van der Waals surface area (Å²) >= 11 is 1.18. The Morgan fingerprint density at radius 2 is 2.07 bits per heavy atom. The van der Waals surface area contributed by atoms with Gasteiger partial charge in [-0.25, -0.2) is 8.78 Å². The standard InChI is InChI=1S/C11H15F2NS/c1-8-4-7-15-10(8)11(12,13)9-2-5-14-6-3-9/h4,7,9,14H,2-3,5-6H2,1H3. The van der Waals surface area contributed by atoms with E-state index in [1.165, 1.54) is 11.3 Å². The van der Waals surface area contributed by atoms with Crippen LogP contribution in [0, 0.1) is 12.8 Å². The lowest BCUT2D eigenvalue weighted by atomic mass is 9.89. The molecule has 0 spiro atoms. The summed E-state index contributed by atoms with van der Waals surface area (Å²) in [4.78, 5) is 0.259. The van der Waals surface area contributed by atoms with Gasteiger partial charge in [-0.2, -0.15) is 0 Å². The van der Waals surface area contributed by atoms with Crippen molar-refractivity contribution in [2.45, 2.75) is 25.7 Å². The molecule has 1 nitrogen and oxygen atoms in total. The highest BCUT2D eigenvalue weighted by atomic mass is 32.1. The minimum atomic E-state index is -2.64. The molecule has 0 atom stereocenters. The van der Waals surface area contributed by atoms with Gasteiger partial charge in [0.05, 0.1) is 4.88 Å². The van der Waals surface area contributed by atoms with E-state index >= 15 is 0 Å². The quantitative estimate of drug-likeness (QED) is 0.824. The van der Waals surface area contributed by atoms with Gasteiger partial charge in [-0.3, -0.25) is 0 Å². The number of piperidine rings is 1. The minimum Gasteiger partial charge on any atom is -0.317 e. The fraction of sp³-hybridized carbons (Fsp3) is 0.636. The molecule has 1 aromatic heterocycles. The number of thiophene rings is 1. The molecule has 15 heavy (non-hydrogen) atoms. The molecule has 0 bridgehead atoms. The van der Waals surface area contributed by atoms with Gasteiger partial charge in [0, 0.05) is 5.92 Å². The van der Waals surface area contributed by atoms with Gasteiger partial charge in [0.25, 0.3) is 5.92 Å². The van der Waals surface area contributed by atoms with Crippen LogP contribution in [-0.2, 0) is 5.92 Å². The van der Waals surface area contributed by atoms with Gasteiger partial charge >= 0.3 is 0 Å². The highest BCUT2D eigenvalue weighted by Gasteiger charge is 2.43. The summed E-state index contributed by atoms with van der Waals surface area (Å²) in [6.45, 7) is 3.19. The molecule has 0 saturated carbocycles. The number of nitrogens with one attached hydrogen (secondary N) is 1. The molecule has 2 rings (SSSR count). The molecule has 0 aromatic carbocycles. The minimum absolute atomic E-state index is 0.259. The van der Waals surface area contributed by atoms with Crippen molar-refractivity contribution in [3.05, 3.63) is 21.9 Å². The van der Waals surface area contributed by atoms with Gasteiger partial charge in [0.15, 0.2) is 0 Å². The lowest BCUT2D eigenvalue weighted by molar-refractivity contribution is -0.0724. The zero-order valence-electron chi connectivity index (χ0n) is 8.72. The number of alkyl halides is 2. The van der Waals surface area contributed by atoms with Crippen molar-refractivity contribution in [2.24, 2.45) is 5.92 Å². The third-order valence-corrected chi connectivity index (χ3v) is 4.12. The Bertz CT molecular complexity index is 329. The third-order valence-electron chi connectivity index (χ3n) is 3.02. The Morgan fingerprint density at radius 3 is 2.60 bits per heavy atom. The number of rotatable bonds is 2. The van der Waals surface area contributed by atoms with E-state index < -0.39 is 11.8 Å². The zero-order valence-corrected chi connectivity index (χ0v) is 9.54. The fourth-order valence-electron chi connectivity index (χ4n) is 2.08. The molecular weight excluding hydrogens is 216 g/mol. The van der Waals surface area contributed by atoms with E-state index in [0.29, 0.717) is 25.9 Å². The number of hydrogen-bond donors (Lipinski definition) is 1. The second-order valence-electron chi connectivity index (χ2n) is 4.08. The Hall–Kier alpha value is -0.480. The van der Waals surface area contributed by atoms with Crippen LogP contribution < -0.4 is 5.32 Å². The highest BCUT2D eigenvalue weighted by molar-refractivity contribution is 7.10. The predicted octanol–water partition coefficient (Wildman–Crippen LogP) is 3.15. The zero-order chi connectivity index (χ0) is 10.9. The molecule has 1 saturated heterocycles. The van der Waals surface area contributed by atoms with Gasteiger partial charge in [0.1, 0.15) is 0 Å². The summed E-state index contributed by atoms with van der Waals surface area (Å²) < 4.78 is 28.2. The van der Waals surface area contributed by atoms with E-state index in [-0.39, 0.29) is 4.88 Å². The van der Waals surface area contributed by atoms with Gasteiger partial charge in [-0.15, -0.1) is 11.3 Å². The Balaban J connectivity index is 2.21. The van der Waals surface area contributed by atoms with E-state index in [1.807, 2.05) is 0 Å². The molecular formula is C11H15F2NS. The van der Waals surface area contributed by atoms with Crippen molar-refractivity contribution in [2.75, 3.05) is 13.1 Å². The van der Waals surface area contributed by atoms with Crippen molar-refractivity contribution >= 4 is 11.3 Å². The van der Waals surface area contributed by atoms with Crippen LogP contribution in [0.1, 0.15) is 23.3 Å². The number of aryl methyl sites for hydroxylation is 1. The van der Waals surface area contributed by atoms with Crippen LogP contribution in [0.4, 0.5) is 8.78 Å². The van der Waals surface area contributed by atoms with Crippen molar-refractivity contribution in [3.63, 3.8) is 0 Å². The smallest absolute Gasteiger partial charge is 0.285 e. The topological polar surface area (TPSA) is 12.0 Å². The SMILES string of the molecule is Cc1ccsc1C(F)(F)C1CCNCC1. The maximum Gasteiger partial charge on any atom is 0.285 e. The number of halogens is 2. The summed E-state index contributed by atoms with van der Waals surface area (Å²) in [5, 5.41) is 4.87. The summed E-state index contributed by atoms with van der Waals surface area (Å²) in [6, 6.07) is 1.77. The van der Waals surface area contributed by atoms with E-state index in [4.69, 9.17) is 0 Å². The van der Waals surface area contributed by atoms with Crippen molar-refractivity contribution < 1.29 is 8.78 Å². The number of hydrogen-bond acceptors (Lipinski definition) is 2. The monoisotopic (exact) mass is 231 g/mol. The molecule has 1 aromatic rings. The normalized spacial score (nSPS) is 19.4. The average molecular weight is 231 g/mol. The molecule has 84 valence electrons. The first-order chi connectivity index (χ1) is 7.12. The van der Waals surface area contributed by atoms with Crippen molar-refractivity contribution in [1.29, 1.82) is 0 Å². The molecule has 0 amide bonds. The van der Waals surface area contributed by atoms with Crippen molar-refractivity contribution in [1.82, 2.24) is 5.32 Å². The van der Waals surface area contributed by atoms with Crippen LogP contribution in [0.15, 0.2) is 11.4 Å². The van der Waals surface area contributed by atoms with Gasteiger partial charge in [-0.1, -0.05) is 0 Å². The summed E-state index contributed by atoms with van der Waals surface area (Å²) in [7, 11) is 0. The Labute approximate surface area is 92.5 Å². The molecule has 2 heterocycles. The molecule has 0 aliphatic carbocycles. The summed E-state index contributed by atoms with van der Waals surface area (Å²) in [5.74, 6) is -3.13. The van der Waals surface area contributed by atoms with Crippen LogP contribution in [0.2, 0.25) is 0 Å². The Morgan fingerprint density at radius 1 is 1.40 bits per heavy atom. The summed E-state index contributed by atoms with van der Waals surface area (Å²) in [6.07, 6.45) is 1.15. The maximum atomic E-state index is 14.1. The molecule has 1 N–H and O–H groups in total. The van der Waals surface area contributed by atoms with Crippen LogP contribution in [0.25, 0.3) is 0 Å². The third kappa shape index (κ3) is 2.06. The van der Waals surface area contributed by atoms with Crippen molar-refractivity contribution in [3.8, 4) is 0 Å². The van der Waals surface area contributed by atoms with E-state index in [1.54, 1.807) is 18.4 Å². The maximum absolute atomic E-state index is 14.1. The van der Waals surface area contributed by atoms with Gasteiger partial charge < -0.3 is 5.32 Å². The Kier molecular flexibility index (Phi) is 3.07.